The first-order valence-corrected chi connectivity index (χ1v) is 5.89. The third kappa shape index (κ3) is 54.1. The van der Waals surface area contributed by atoms with Gasteiger partial charge in [-0.2, -0.15) is 0 Å². The summed E-state index contributed by atoms with van der Waals surface area (Å²) in [7, 11) is 14.8. The minimum atomic E-state index is -1.72. The molecule has 0 aliphatic rings. The van der Waals surface area contributed by atoms with Crippen molar-refractivity contribution < 1.29 is 0 Å². The number of hydrogen-bond acceptors (Lipinski definition) is 0. The second kappa shape index (κ2) is 22.4. The first-order chi connectivity index (χ1) is 1.73. The summed E-state index contributed by atoms with van der Waals surface area (Å²) in [6.07, 6.45) is 0. The predicted molar refractivity (Wildman–Crippen MR) is 57.5 cm³/mol. The zero-order chi connectivity index (χ0) is 3.58. The molecule has 0 aromatic heterocycles. The van der Waals surface area contributed by atoms with Crippen molar-refractivity contribution in [1.82, 2.24) is 0 Å². The summed E-state index contributed by atoms with van der Waals surface area (Å²) < 4.78 is 0. The molecule has 0 N–H and O–H groups in total. The standard InChI is InChI=1S/3Al.3ClH.2Li.8H/h;;;3*1H;;;;;;;;;;/q;;+3;;;;;;;;;;;;;/p-3. The SMILES string of the molecule is [AlH3].[AlH3].[Cl][Al]([Cl])[Cl].[LiH].[LiH]. The molecule has 0 aromatic rings. The number of halogens is 3. The number of hydrogen-bond donors (Lipinski definition) is 0. The van der Waals surface area contributed by atoms with Gasteiger partial charge in [-0.3, -0.25) is 0 Å². The van der Waals surface area contributed by atoms with Gasteiger partial charge >= 0.3 is 49.1 Å². The van der Waals surface area contributed by atoms with Crippen molar-refractivity contribution in [3.05, 3.63) is 0 Å². The quantitative estimate of drug-likeness (QED) is 0.406. The molecule has 0 heterocycles. The van der Waals surface area contributed by atoms with E-state index in [1.165, 1.54) is 0 Å². The molecule has 0 atom stereocenters. The Bertz CT molecular complexity index is 17.2. The van der Waals surface area contributed by atoms with E-state index in [-0.39, 0.29) is 72.4 Å². The molecule has 0 spiro atoms. The Kier molecular flexibility index (Phi) is 83.7. The Morgan fingerprint density at radius 3 is 0.750 bits per heavy atom. The van der Waals surface area contributed by atoms with Crippen molar-refractivity contribution >= 4 is 114 Å². The van der Waals surface area contributed by atoms with E-state index in [0.29, 0.717) is 0 Å². The maximum absolute atomic E-state index is 4.94. The normalized spacial score (nSPS) is 3.38. The summed E-state index contributed by atoms with van der Waals surface area (Å²) in [4.78, 5) is 0. The topological polar surface area (TPSA) is 0 Å². The van der Waals surface area contributed by atoms with E-state index in [2.05, 4.69) is 0 Å². The van der Waals surface area contributed by atoms with Crippen LogP contribution in [-0.2, 0) is 0 Å². The van der Waals surface area contributed by atoms with Crippen molar-refractivity contribution in [1.29, 1.82) is 0 Å². The van der Waals surface area contributed by atoms with E-state index in [1.54, 1.807) is 0 Å². The second-order valence-electron chi connectivity index (χ2n) is 0.247. The van der Waals surface area contributed by atoms with Crippen LogP contribution in [0.1, 0.15) is 0 Å². The summed E-state index contributed by atoms with van der Waals surface area (Å²) in [5.41, 5.74) is 0. The molecular weight excluding hydrogens is 201 g/mol. The van der Waals surface area contributed by atoms with Crippen molar-refractivity contribution in [2.45, 2.75) is 0 Å². The van der Waals surface area contributed by atoms with Gasteiger partial charge in [0, 0.05) is 0 Å². The van der Waals surface area contributed by atoms with Gasteiger partial charge in [0.25, 0.3) is 0 Å². The predicted octanol–water partition coefficient (Wildman–Crippen LogP) is -1.98. The van der Waals surface area contributed by atoms with Crippen LogP contribution in [0.25, 0.3) is 0 Å². The molecule has 0 unspecified atom stereocenters. The van der Waals surface area contributed by atoms with Crippen molar-refractivity contribution in [3.63, 3.8) is 0 Å². The fraction of sp³-hybridized carbons (Fsp3) is 0. The summed E-state index contributed by atoms with van der Waals surface area (Å²) in [6.45, 7) is 0. The van der Waals surface area contributed by atoms with Crippen LogP contribution in [-0.4, -0.2) is 83.8 Å². The summed E-state index contributed by atoms with van der Waals surface area (Å²) >= 11 is -1.72. The first kappa shape index (κ1) is 29.9. The monoisotopic (exact) mass is 208 g/mol. The van der Waals surface area contributed by atoms with E-state index >= 15 is 0 Å². The molecule has 0 aromatic carbocycles. The van der Waals surface area contributed by atoms with Crippen LogP contribution in [0.15, 0.2) is 0 Å². The van der Waals surface area contributed by atoms with Gasteiger partial charge in [-0.15, -0.1) is 0 Å². The van der Waals surface area contributed by atoms with E-state index < -0.39 is 11.4 Å². The van der Waals surface area contributed by atoms with Crippen LogP contribution in [0.5, 0.6) is 0 Å². The van der Waals surface area contributed by atoms with Gasteiger partial charge in [0.1, 0.15) is 0 Å². The van der Waals surface area contributed by atoms with E-state index in [1.807, 2.05) is 0 Å². The van der Waals surface area contributed by atoms with E-state index in [4.69, 9.17) is 30.1 Å². The van der Waals surface area contributed by atoms with Crippen LogP contribution < -0.4 is 0 Å². The summed E-state index contributed by atoms with van der Waals surface area (Å²) in [5.74, 6) is 0. The molecule has 8 heteroatoms. The van der Waals surface area contributed by atoms with Crippen LogP contribution in [0.3, 0.4) is 0 Å². The zero-order valence-electron chi connectivity index (χ0n) is 1.71. The third-order valence-corrected chi connectivity index (χ3v) is 0. The van der Waals surface area contributed by atoms with Gasteiger partial charge in [-0.25, -0.2) is 30.1 Å². The Balaban J connectivity index is -0.00000000750. The fourth-order valence-corrected chi connectivity index (χ4v) is 0. The molecule has 0 rings (SSSR count). The molecule has 0 radical (unpaired) electrons. The van der Waals surface area contributed by atoms with Gasteiger partial charge in [-0.1, -0.05) is 0 Å². The van der Waals surface area contributed by atoms with Crippen LogP contribution in [0.4, 0.5) is 0 Å². The Morgan fingerprint density at radius 1 is 0.750 bits per heavy atom. The van der Waals surface area contributed by atoms with Crippen LogP contribution in [0, 0.1) is 0 Å². The van der Waals surface area contributed by atoms with Crippen LogP contribution in [0.2, 0.25) is 0 Å². The molecule has 8 heavy (non-hydrogen) atoms. The maximum atomic E-state index is 4.94. The van der Waals surface area contributed by atoms with Crippen molar-refractivity contribution in [2.75, 3.05) is 0 Å². The summed E-state index contributed by atoms with van der Waals surface area (Å²) in [5, 5.41) is 0. The second-order valence-corrected chi connectivity index (χ2v) is 6.68. The number of rotatable bonds is 0. The van der Waals surface area contributed by atoms with E-state index in [0.717, 1.165) is 0 Å². The average molecular weight is 209 g/mol. The average Bonchev–Trinajstić information content (AvgIpc) is 0.811. The van der Waals surface area contributed by atoms with Crippen LogP contribution >= 0.6 is 30.1 Å². The Morgan fingerprint density at radius 2 is 0.750 bits per heavy atom. The molecule has 0 aliphatic carbocycles. The van der Waals surface area contributed by atoms with Gasteiger partial charge in [-0.05, 0) is 0 Å². The van der Waals surface area contributed by atoms with Gasteiger partial charge in [0.15, 0.2) is 34.7 Å². The zero-order valence-corrected chi connectivity index (χ0v) is 5.13. The molecular formula is H8Al3Cl3Li2. The molecule has 0 saturated carbocycles. The Hall–Kier alpha value is 3.66. The molecule has 0 bridgehead atoms. The van der Waals surface area contributed by atoms with Gasteiger partial charge in [0.2, 0.25) is 0 Å². The Labute approximate surface area is 112 Å². The van der Waals surface area contributed by atoms with Gasteiger partial charge < -0.3 is 0 Å². The molecule has 40 valence electrons. The molecule has 0 nitrogen and oxygen atoms in total. The minimum absolute atomic E-state index is 0. The molecule has 0 fully saturated rings. The fourth-order valence-electron chi connectivity index (χ4n) is 0. The molecule has 0 amide bonds. The molecule has 0 aliphatic heterocycles. The molecule has 0 saturated heterocycles. The van der Waals surface area contributed by atoms with Crippen molar-refractivity contribution in [3.8, 4) is 0 Å². The van der Waals surface area contributed by atoms with Crippen molar-refractivity contribution in [2.24, 2.45) is 0 Å². The van der Waals surface area contributed by atoms with Gasteiger partial charge in [0.05, 0.1) is 0 Å². The third-order valence-electron chi connectivity index (χ3n) is 0. The first-order valence-electron chi connectivity index (χ1n) is 0.655. The summed E-state index contributed by atoms with van der Waals surface area (Å²) in [6, 6.07) is 0. The van der Waals surface area contributed by atoms with E-state index in [9.17, 15) is 0 Å².